The fourth-order valence-corrected chi connectivity index (χ4v) is 1.59. The molecule has 0 aliphatic carbocycles. The summed E-state index contributed by atoms with van der Waals surface area (Å²) in [5, 5.41) is 8.73. The predicted molar refractivity (Wildman–Crippen MR) is 57.2 cm³/mol. The smallest absolute Gasteiger partial charge is 0.337 e. The molecule has 0 aromatic carbocycles. The molecule has 0 aliphatic heterocycles. The molecule has 0 amide bonds. The molecule has 0 aliphatic rings. The second-order valence-electron chi connectivity index (χ2n) is 2.73. The summed E-state index contributed by atoms with van der Waals surface area (Å²) in [6.07, 6.45) is 2.33. The molecular formula is C10H10BrNO2. The van der Waals surface area contributed by atoms with E-state index in [0.29, 0.717) is 12.1 Å². The number of hydrogen-bond acceptors (Lipinski definition) is 1. The molecule has 0 saturated heterocycles. The second kappa shape index (κ2) is 4.87. The predicted octanol–water partition coefficient (Wildman–Crippen LogP) is 2.36. The van der Waals surface area contributed by atoms with Gasteiger partial charge in [0.1, 0.15) is 0 Å². The summed E-state index contributed by atoms with van der Waals surface area (Å²) in [6, 6.07) is 1.59. The summed E-state index contributed by atoms with van der Waals surface area (Å²) in [6.45, 7) is 2.49. The van der Waals surface area contributed by atoms with Crippen molar-refractivity contribution in [2.45, 2.75) is 19.9 Å². The molecule has 4 heteroatoms. The Kier molecular flexibility index (Phi) is 3.78. The quantitative estimate of drug-likeness (QED) is 0.843. The number of aromatic carboxylic acids is 1. The Labute approximate surface area is 90.9 Å². The zero-order chi connectivity index (χ0) is 10.6. The molecule has 0 saturated carbocycles. The van der Waals surface area contributed by atoms with E-state index in [2.05, 4.69) is 27.8 Å². The molecule has 3 nitrogen and oxygen atoms in total. The van der Waals surface area contributed by atoms with Crippen molar-refractivity contribution >= 4 is 21.9 Å². The number of nitrogens with zero attached hydrogens (tertiary/aromatic N) is 1. The fourth-order valence-electron chi connectivity index (χ4n) is 1.07. The summed E-state index contributed by atoms with van der Waals surface area (Å²) in [5.74, 6) is 4.80. The number of carboxylic acid groups (broad SMARTS) is 1. The third-order valence-corrected chi connectivity index (χ3v) is 2.43. The van der Waals surface area contributed by atoms with Gasteiger partial charge < -0.3 is 9.67 Å². The Bertz CT molecular complexity index is 398. The van der Waals surface area contributed by atoms with Crippen molar-refractivity contribution in [1.29, 1.82) is 0 Å². The Morgan fingerprint density at radius 1 is 1.71 bits per heavy atom. The first-order chi connectivity index (χ1) is 6.65. The lowest BCUT2D eigenvalue weighted by Gasteiger charge is -1.99. The first-order valence-electron chi connectivity index (χ1n) is 4.13. The lowest BCUT2D eigenvalue weighted by molar-refractivity contribution is 0.0697. The maximum absolute atomic E-state index is 10.6. The lowest BCUT2D eigenvalue weighted by Crippen LogP contribution is -1.96. The minimum atomic E-state index is -0.911. The number of carboxylic acids is 1. The molecule has 14 heavy (non-hydrogen) atoms. The maximum atomic E-state index is 10.6. The van der Waals surface area contributed by atoms with Crippen LogP contribution in [0.3, 0.4) is 0 Å². The summed E-state index contributed by atoms with van der Waals surface area (Å²) >= 11 is 3.29. The van der Waals surface area contributed by atoms with E-state index in [0.717, 1.165) is 11.0 Å². The van der Waals surface area contributed by atoms with Gasteiger partial charge >= 0.3 is 5.97 Å². The van der Waals surface area contributed by atoms with Crippen LogP contribution in [0, 0.1) is 11.8 Å². The van der Waals surface area contributed by atoms with Crippen LogP contribution in [0.15, 0.2) is 16.9 Å². The minimum absolute atomic E-state index is 0.293. The number of aromatic nitrogens is 1. The topological polar surface area (TPSA) is 42.2 Å². The van der Waals surface area contributed by atoms with Crippen LogP contribution in [0.5, 0.6) is 0 Å². The normalized spacial score (nSPS) is 9.29. The first-order valence-corrected chi connectivity index (χ1v) is 4.93. The second-order valence-corrected chi connectivity index (χ2v) is 3.54. The highest BCUT2D eigenvalue weighted by molar-refractivity contribution is 9.10. The van der Waals surface area contributed by atoms with E-state index in [1.807, 2.05) is 4.57 Å². The summed E-state index contributed by atoms with van der Waals surface area (Å²) < 4.78 is 2.60. The molecule has 0 fully saturated rings. The fraction of sp³-hybridized carbons (Fsp3) is 0.300. The zero-order valence-corrected chi connectivity index (χ0v) is 9.34. The molecule has 74 valence electrons. The number of hydrogen-bond donors (Lipinski definition) is 1. The van der Waals surface area contributed by atoms with Gasteiger partial charge in [-0.2, -0.15) is 0 Å². The Morgan fingerprint density at radius 2 is 2.43 bits per heavy atom. The van der Waals surface area contributed by atoms with Gasteiger partial charge in [-0.25, -0.2) is 4.79 Å². The standard InChI is InChI=1S/C10H10BrNO2/c1-2-3-4-5-12-7-8(10(13)14)6-9(12)11/h6-7H,4-5H2,1H3,(H,13,14). The van der Waals surface area contributed by atoms with Crippen LogP contribution in [-0.2, 0) is 6.54 Å². The van der Waals surface area contributed by atoms with Crippen molar-refractivity contribution in [3.8, 4) is 11.8 Å². The number of aryl methyl sites for hydroxylation is 1. The van der Waals surface area contributed by atoms with Crippen LogP contribution in [0.2, 0.25) is 0 Å². The third-order valence-electron chi connectivity index (χ3n) is 1.75. The Hall–Kier alpha value is -1.21. The van der Waals surface area contributed by atoms with Gasteiger partial charge in [0.15, 0.2) is 0 Å². The first kappa shape index (κ1) is 10.9. The van der Waals surface area contributed by atoms with Crippen molar-refractivity contribution in [1.82, 2.24) is 4.57 Å². The van der Waals surface area contributed by atoms with Gasteiger partial charge in [-0.1, -0.05) is 0 Å². The Morgan fingerprint density at radius 3 is 2.93 bits per heavy atom. The third kappa shape index (κ3) is 2.64. The summed E-state index contributed by atoms with van der Waals surface area (Å²) in [5.41, 5.74) is 0.293. The van der Waals surface area contributed by atoms with Gasteiger partial charge in [0.05, 0.1) is 10.2 Å². The van der Waals surface area contributed by atoms with Crippen molar-refractivity contribution in [2.24, 2.45) is 0 Å². The molecule has 0 radical (unpaired) electrons. The molecule has 0 bridgehead atoms. The minimum Gasteiger partial charge on any atom is -0.478 e. The van der Waals surface area contributed by atoms with E-state index in [4.69, 9.17) is 5.11 Å². The SMILES string of the molecule is CC#CCCn1cc(C(=O)O)cc1Br. The monoisotopic (exact) mass is 255 g/mol. The van der Waals surface area contributed by atoms with Gasteiger partial charge in [0, 0.05) is 19.2 Å². The Balaban J connectivity index is 2.75. The van der Waals surface area contributed by atoms with Crippen LogP contribution in [-0.4, -0.2) is 15.6 Å². The van der Waals surface area contributed by atoms with Gasteiger partial charge in [-0.3, -0.25) is 0 Å². The highest BCUT2D eigenvalue weighted by Gasteiger charge is 2.08. The van der Waals surface area contributed by atoms with Gasteiger partial charge in [0.25, 0.3) is 0 Å². The zero-order valence-electron chi connectivity index (χ0n) is 7.75. The summed E-state index contributed by atoms with van der Waals surface area (Å²) in [7, 11) is 0. The average molecular weight is 256 g/mol. The number of carbonyl (C=O) groups is 1. The van der Waals surface area contributed by atoms with Crippen LogP contribution in [0.25, 0.3) is 0 Å². The van der Waals surface area contributed by atoms with Crippen molar-refractivity contribution in [3.05, 3.63) is 22.4 Å². The van der Waals surface area contributed by atoms with Crippen LogP contribution >= 0.6 is 15.9 Å². The highest BCUT2D eigenvalue weighted by atomic mass is 79.9. The van der Waals surface area contributed by atoms with Crippen LogP contribution in [0.4, 0.5) is 0 Å². The van der Waals surface area contributed by atoms with E-state index in [9.17, 15) is 4.79 Å². The van der Waals surface area contributed by atoms with E-state index >= 15 is 0 Å². The van der Waals surface area contributed by atoms with Crippen LogP contribution in [0.1, 0.15) is 23.7 Å². The molecule has 1 heterocycles. The van der Waals surface area contributed by atoms with Gasteiger partial charge in [0.2, 0.25) is 0 Å². The van der Waals surface area contributed by atoms with Gasteiger partial charge in [-0.15, -0.1) is 11.8 Å². The van der Waals surface area contributed by atoms with Crippen molar-refractivity contribution < 1.29 is 9.90 Å². The van der Waals surface area contributed by atoms with E-state index in [1.54, 1.807) is 19.2 Å². The molecular weight excluding hydrogens is 246 g/mol. The van der Waals surface area contributed by atoms with Gasteiger partial charge in [-0.05, 0) is 28.9 Å². The van der Waals surface area contributed by atoms with Crippen molar-refractivity contribution in [2.75, 3.05) is 0 Å². The van der Waals surface area contributed by atoms with E-state index < -0.39 is 5.97 Å². The largest absolute Gasteiger partial charge is 0.478 e. The van der Waals surface area contributed by atoms with Crippen molar-refractivity contribution in [3.63, 3.8) is 0 Å². The van der Waals surface area contributed by atoms with E-state index in [1.165, 1.54) is 0 Å². The van der Waals surface area contributed by atoms with Crippen LogP contribution < -0.4 is 0 Å². The molecule has 1 aromatic heterocycles. The maximum Gasteiger partial charge on any atom is 0.337 e. The molecule has 0 unspecified atom stereocenters. The average Bonchev–Trinajstić information content (AvgIpc) is 2.49. The summed E-state index contributed by atoms with van der Waals surface area (Å²) in [4.78, 5) is 10.6. The number of rotatable bonds is 3. The van der Waals surface area contributed by atoms with E-state index in [-0.39, 0.29) is 0 Å². The molecule has 1 aromatic rings. The number of halogens is 1. The molecule has 0 spiro atoms. The molecule has 1 N–H and O–H groups in total. The molecule has 1 rings (SSSR count). The molecule has 0 atom stereocenters. The lowest BCUT2D eigenvalue weighted by atomic mass is 10.3. The highest BCUT2D eigenvalue weighted by Crippen LogP contribution is 2.15.